The van der Waals surface area contributed by atoms with Crippen LogP contribution in [0.25, 0.3) is 0 Å². The van der Waals surface area contributed by atoms with Gasteiger partial charge < -0.3 is 138 Å². The average Bonchev–Trinajstić information content (AvgIpc) is 0.864. The van der Waals surface area contributed by atoms with Gasteiger partial charge in [0.05, 0.1) is 6.54 Å². The lowest BCUT2D eigenvalue weighted by Crippen LogP contribution is -2.59. The van der Waals surface area contributed by atoms with Crippen molar-refractivity contribution in [3.63, 3.8) is 0 Å². The van der Waals surface area contributed by atoms with Gasteiger partial charge >= 0.3 is 0 Å². The van der Waals surface area contributed by atoms with E-state index in [0.717, 1.165) is 4.90 Å². The third-order valence-electron chi connectivity index (χ3n) is 15.3. The molecule has 1 aliphatic rings. The highest BCUT2D eigenvalue weighted by Crippen LogP contribution is 2.13. The van der Waals surface area contributed by atoms with Gasteiger partial charge in [0.1, 0.15) is 54.4 Å². The van der Waals surface area contributed by atoms with Crippen LogP contribution in [0, 0.1) is 0 Å². The van der Waals surface area contributed by atoms with E-state index in [-0.39, 0.29) is 197 Å². The maximum Gasteiger partial charge on any atom is 0.245 e. The summed E-state index contributed by atoms with van der Waals surface area (Å²) in [5, 5.41) is 25.9. The molecule has 0 spiro atoms. The Bertz CT molecular complexity index is 3020. The lowest BCUT2D eigenvalue weighted by Gasteiger charge is -2.30. The number of hydrogen-bond acceptors (Lipinski definition) is 20. The van der Waals surface area contributed by atoms with Gasteiger partial charge in [0.2, 0.25) is 76.8 Å². The molecule has 0 radical (unpaired) electrons. The molecular weight excluding hydrogens is 1380 g/mol. The fourth-order valence-corrected chi connectivity index (χ4v) is 10.2. The standard InChI is InChI=1S/C59H111N31O13S/c1-32-46(96)84-35(14-8-25-77-56(66)67)51(101)88-39(17-11-28-80-59(72)73)53(103)90(29-5-3-2-4-22-74-42(92)20-21-43(93)82-33(12-6-23-75-54(62)63)48(98)87-38(47(97)81-32)18-19-41(60)91)30-44(94)83-34(13-7-24-76-55(64)65)49(99)85-36(15-9-26-78-57(68)69)50(100)86-37(16-10-27-79-58(70)71)52(102)89-40(31-104)45(61)95/h32-40,104H,2-31H2,1H3,(H2,60,91)(H2,61,95)(H,74,92)(H,81,97)(H,82,93)(H,83,94)(H,84,96)(H,85,99)(H,86,100)(H,87,98)(H,88,101)(H,89,102)(H4,62,63,75)(H4,64,65,76)(H4,66,67,77)(H4,68,69,78)(H4,70,71,79)(H4,72,73,80)/t32-,33-,34-,35-,36-,37-,38-,39-,40-/m0/s1. The maximum atomic E-state index is 15.3. The average molecular weight is 1490 g/mol. The molecule has 1 saturated heterocycles. The number of aliphatic imine (C=N–C) groups is 6. The molecule has 44 nitrogen and oxygen atoms in total. The summed E-state index contributed by atoms with van der Waals surface area (Å²) >= 11 is 4.09. The Labute approximate surface area is 608 Å². The highest BCUT2D eigenvalue weighted by atomic mass is 32.1. The van der Waals surface area contributed by atoms with Gasteiger partial charge in [-0.2, -0.15) is 12.6 Å². The van der Waals surface area contributed by atoms with Crippen LogP contribution in [-0.2, 0) is 62.3 Å². The minimum Gasteiger partial charge on any atom is -0.370 e. The molecular formula is C59H111N31O13S. The van der Waals surface area contributed by atoms with Crippen LogP contribution in [0.4, 0.5) is 0 Å². The van der Waals surface area contributed by atoms with Gasteiger partial charge in [-0.05, 0) is 103 Å². The van der Waals surface area contributed by atoms with Gasteiger partial charge in [-0.1, -0.05) is 12.8 Å². The quantitative estimate of drug-likeness (QED) is 0.0118. The second-order valence-corrected chi connectivity index (χ2v) is 24.5. The molecule has 0 aliphatic carbocycles. The second kappa shape index (κ2) is 51.3. The van der Waals surface area contributed by atoms with E-state index >= 15 is 4.79 Å². The predicted molar refractivity (Wildman–Crippen MR) is 391 cm³/mol. The van der Waals surface area contributed by atoms with Gasteiger partial charge in [0.15, 0.2) is 35.8 Å². The molecule has 0 aromatic rings. The van der Waals surface area contributed by atoms with E-state index in [1.54, 1.807) is 0 Å². The zero-order valence-electron chi connectivity index (χ0n) is 58.9. The fourth-order valence-electron chi connectivity index (χ4n) is 9.91. The number of nitrogens with zero attached hydrogens (tertiary/aromatic N) is 7. The number of hydrogen-bond donors (Lipinski definition) is 25. The van der Waals surface area contributed by atoms with Crippen molar-refractivity contribution in [2.75, 3.05) is 64.7 Å². The van der Waals surface area contributed by atoms with Crippen LogP contribution in [0.2, 0.25) is 0 Å². The van der Waals surface area contributed by atoms with Crippen molar-refractivity contribution < 1.29 is 62.3 Å². The highest BCUT2D eigenvalue weighted by Gasteiger charge is 2.36. The van der Waals surface area contributed by atoms with Crippen molar-refractivity contribution in [1.82, 2.24) is 58.1 Å². The monoisotopic (exact) mass is 1490 g/mol. The van der Waals surface area contributed by atoms with E-state index in [9.17, 15) is 57.5 Å². The number of nitrogens with two attached hydrogens (primary N) is 14. The van der Waals surface area contributed by atoms with Gasteiger partial charge in [-0.3, -0.25) is 92.3 Å². The van der Waals surface area contributed by atoms with E-state index < -0.39 is 144 Å². The molecule has 1 heterocycles. The molecule has 0 aromatic carbocycles. The Morgan fingerprint density at radius 2 is 0.808 bits per heavy atom. The molecule has 1 aliphatic heterocycles. The smallest absolute Gasteiger partial charge is 0.245 e. The van der Waals surface area contributed by atoms with Crippen LogP contribution in [-0.4, -0.2) is 236 Å². The summed E-state index contributed by atoms with van der Waals surface area (Å²) in [4.78, 5) is 205. The van der Waals surface area contributed by atoms with E-state index in [2.05, 4.69) is 95.8 Å². The van der Waals surface area contributed by atoms with Crippen LogP contribution in [0.3, 0.4) is 0 Å². The van der Waals surface area contributed by atoms with Crippen molar-refractivity contribution in [2.45, 2.75) is 190 Å². The van der Waals surface area contributed by atoms with Crippen molar-refractivity contribution in [1.29, 1.82) is 0 Å². The summed E-state index contributed by atoms with van der Waals surface area (Å²) in [5.74, 6) is -13.2. The first kappa shape index (κ1) is 91.1. The van der Waals surface area contributed by atoms with Crippen molar-refractivity contribution in [2.24, 2.45) is 110 Å². The number of carbonyl (C=O) groups is 13. The topological polar surface area (TPSA) is 784 Å². The van der Waals surface area contributed by atoms with Crippen LogP contribution < -0.4 is 133 Å². The Morgan fingerprint density at radius 1 is 0.442 bits per heavy atom. The van der Waals surface area contributed by atoms with Crippen molar-refractivity contribution in [3.8, 4) is 0 Å². The van der Waals surface area contributed by atoms with Crippen LogP contribution in [0.1, 0.15) is 135 Å². The van der Waals surface area contributed by atoms with Crippen LogP contribution >= 0.6 is 12.6 Å². The number of thiol groups is 1. The Balaban J connectivity index is 4.11. The van der Waals surface area contributed by atoms with Crippen LogP contribution in [0.5, 0.6) is 0 Å². The summed E-state index contributed by atoms with van der Waals surface area (Å²) < 4.78 is 0. The summed E-state index contributed by atoms with van der Waals surface area (Å²) in [6, 6.07) is -13.0. The predicted octanol–water partition coefficient (Wildman–Crippen LogP) is -11.3. The number of primary amides is 2. The number of carbonyl (C=O) groups excluding carboxylic acids is 13. The third-order valence-corrected chi connectivity index (χ3v) is 15.7. The summed E-state index contributed by atoms with van der Waals surface area (Å²) in [7, 11) is 0. The molecule has 0 saturated carbocycles. The zero-order valence-corrected chi connectivity index (χ0v) is 59.8. The minimum absolute atomic E-state index is 0.0190. The molecule has 104 heavy (non-hydrogen) atoms. The Morgan fingerprint density at radius 3 is 1.24 bits per heavy atom. The molecule has 1 rings (SSSR count). The lowest BCUT2D eigenvalue weighted by atomic mass is 10.0. The first-order chi connectivity index (χ1) is 49.1. The lowest BCUT2D eigenvalue weighted by molar-refractivity contribution is -0.141. The normalized spacial score (nSPS) is 18.8. The Kier molecular flexibility index (Phi) is 44.9. The van der Waals surface area contributed by atoms with E-state index in [1.807, 2.05) is 0 Å². The van der Waals surface area contributed by atoms with Gasteiger partial charge in [0.25, 0.3) is 0 Å². The SMILES string of the molecule is C[C@@H]1NC(=O)[C@H](CCC(N)=O)NC(=O)[C@H](CCCN=C(N)N)NC(=O)CCC(=O)NCCCCCCN(CC(=O)N[C@@H](CCCN=C(N)N)C(=O)N[C@@H](CCCN=C(N)N)C(=O)N[C@@H](CCCN=C(N)N)C(=O)N[C@@H](CS)C(N)=O)C(=O)[C@H](CCCN=C(N)N)NC(=O)[C@H](CCCN=C(N)N)NC1=O. The van der Waals surface area contributed by atoms with Crippen molar-refractivity contribution >= 4 is 125 Å². The van der Waals surface area contributed by atoms with Crippen molar-refractivity contribution in [3.05, 3.63) is 0 Å². The van der Waals surface area contributed by atoms with E-state index in [1.165, 1.54) is 6.92 Å². The van der Waals surface area contributed by atoms with E-state index in [0.29, 0.717) is 19.3 Å². The summed E-state index contributed by atoms with van der Waals surface area (Å²) in [5.41, 5.74) is 77.6. The molecule has 586 valence electrons. The highest BCUT2D eigenvalue weighted by molar-refractivity contribution is 7.80. The first-order valence-corrected chi connectivity index (χ1v) is 34.5. The number of amides is 13. The molecule has 9 atom stereocenters. The summed E-state index contributed by atoms with van der Waals surface area (Å²) in [6.45, 7) is 0.268. The number of nitrogens with one attached hydrogen (secondary N) is 10. The van der Waals surface area contributed by atoms with Crippen LogP contribution in [0.15, 0.2) is 30.0 Å². The molecule has 13 amide bonds. The molecule has 0 bridgehead atoms. The maximum absolute atomic E-state index is 15.3. The molecule has 0 aromatic heterocycles. The third kappa shape index (κ3) is 41.7. The number of rotatable bonds is 38. The van der Waals surface area contributed by atoms with Gasteiger partial charge in [0, 0.05) is 77.4 Å². The second-order valence-electron chi connectivity index (χ2n) is 24.1. The molecule has 0 unspecified atom stereocenters. The molecule has 1 fully saturated rings. The van der Waals surface area contributed by atoms with Gasteiger partial charge in [-0.15, -0.1) is 0 Å². The zero-order chi connectivity index (χ0) is 78.3. The fraction of sp³-hybridized carbons (Fsp3) is 0.678. The number of guanidine groups is 6. The minimum atomic E-state index is -1.56. The molecule has 38 N–H and O–H groups in total. The summed E-state index contributed by atoms with van der Waals surface area (Å²) in [6.07, 6.45) is -0.582. The first-order valence-electron chi connectivity index (χ1n) is 33.9. The largest absolute Gasteiger partial charge is 0.370 e. The van der Waals surface area contributed by atoms with E-state index in [4.69, 9.17) is 80.3 Å². The molecule has 45 heteroatoms. The Hall–Kier alpha value is -10.9. The van der Waals surface area contributed by atoms with Gasteiger partial charge in [-0.25, -0.2) is 0 Å².